The average Bonchev–Trinajstić information content (AvgIpc) is 2.30. The van der Waals surface area contributed by atoms with Gasteiger partial charge in [-0.05, 0) is 12.1 Å². The van der Waals surface area contributed by atoms with E-state index in [0.717, 1.165) is 0 Å². The van der Waals surface area contributed by atoms with Crippen molar-refractivity contribution in [3.8, 4) is 0 Å². The van der Waals surface area contributed by atoms with E-state index in [0.29, 0.717) is 19.8 Å². The fraction of sp³-hybridized carbons (Fsp3) is 0.455. The van der Waals surface area contributed by atoms with E-state index in [-0.39, 0.29) is 11.7 Å². The molecule has 5 heteroatoms. The lowest BCUT2D eigenvalue weighted by Gasteiger charge is -2.27. The van der Waals surface area contributed by atoms with E-state index in [1.807, 2.05) is 0 Å². The highest BCUT2D eigenvalue weighted by Crippen LogP contribution is 2.33. The quantitative estimate of drug-likeness (QED) is 0.781. The maximum atomic E-state index is 13.5. The van der Waals surface area contributed by atoms with E-state index in [9.17, 15) is 8.78 Å². The van der Waals surface area contributed by atoms with Crippen molar-refractivity contribution in [1.29, 1.82) is 0 Å². The van der Waals surface area contributed by atoms with Crippen LogP contribution >= 0.6 is 15.9 Å². The Balaban J connectivity index is 2.22. The topological polar surface area (TPSA) is 18.5 Å². The molecule has 1 aromatic rings. The van der Waals surface area contributed by atoms with Gasteiger partial charge in [-0.25, -0.2) is 8.78 Å². The molecule has 1 saturated heterocycles. The summed E-state index contributed by atoms with van der Waals surface area (Å²) in [6, 6.07) is 3.80. The molecule has 1 heterocycles. The number of halogens is 3. The molecule has 0 aliphatic carbocycles. The summed E-state index contributed by atoms with van der Waals surface area (Å²) < 4.78 is 37.6. The Bertz CT molecular complexity index is 347. The van der Waals surface area contributed by atoms with Crippen LogP contribution in [0.3, 0.4) is 0 Å². The molecule has 0 radical (unpaired) electrons. The van der Waals surface area contributed by atoms with Crippen molar-refractivity contribution in [2.24, 2.45) is 0 Å². The van der Waals surface area contributed by atoms with Gasteiger partial charge in [0.15, 0.2) is 0 Å². The number of benzene rings is 1. The summed E-state index contributed by atoms with van der Waals surface area (Å²) in [6.07, 6.45) is -0.361. The standard InChI is InChI=1S/C11H11BrF2O2/c12-11(9-6-15-4-5-16-9)10-7(13)2-1-3-8(10)14/h1-3,9,11H,4-6H2. The lowest BCUT2D eigenvalue weighted by Crippen LogP contribution is -2.32. The maximum Gasteiger partial charge on any atom is 0.130 e. The third-order valence-electron chi connectivity index (χ3n) is 2.44. The predicted molar refractivity (Wildman–Crippen MR) is 58.6 cm³/mol. The molecule has 0 aromatic heterocycles. The number of ether oxygens (including phenoxy) is 2. The van der Waals surface area contributed by atoms with Gasteiger partial charge in [0.1, 0.15) is 11.6 Å². The molecule has 0 bridgehead atoms. The van der Waals surface area contributed by atoms with Crippen LogP contribution in [0, 0.1) is 11.6 Å². The summed E-state index contributed by atoms with van der Waals surface area (Å²) in [7, 11) is 0. The zero-order valence-electron chi connectivity index (χ0n) is 8.46. The minimum atomic E-state index is -0.573. The number of rotatable bonds is 2. The van der Waals surface area contributed by atoms with Crippen LogP contribution in [0.2, 0.25) is 0 Å². The van der Waals surface area contributed by atoms with Crippen molar-refractivity contribution in [2.75, 3.05) is 19.8 Å². The van der Waals surface area contributed by atoms with E-state index in [1.165, 1.54) is 18.2 Å². The van der Waals surface area contributed by atoms with Crippen LogP contribution in [0.25, 0.3) is 0 Å². The molecular weight excluding hydrogens is 282 g/mol. The van der Waals surface area contributed by atoms with Crippen LogP contribution in [0.1, 0.15) is 10.4 Å². The van der Waals surface area contributed by atoms with E-state index >= 15 is 0 Å². The molecule has 2 nitrogen and oxygen atoms in total. The molecule has 2 rings (SSSR count). The van der Waals surface area contributed by atoms with Gasteiger partial charge in [-0.1, -0.05) is 22.0 Å². The molecule has 2 unspecified atom stereocenters. The lowest BCUT2D eigenvalue weighted by atomic mass is 10.1. The molecule has 1 fully saturated rings. The average molecular weight is 293 g/mol. The van der Waals surface area contributed by atoms with Crippen molar-refractivity contribution in [3.63, 3.8) is 0 Å². The summed E-state index contributed by atoms with van der Waals surface area (Å²) in [6.45, 7) is 1.31. The van der Waals surface area contributed by atoms with Gasteiger partial charge in [0.2, 0.25) is 0 Å². The molecule has 1 aliphatic rings. The first-order valence-corrected chi connectivity index (χ1v) is 5.89. The van der Waals surface area contributed by atoms with Crippen LogP contribution in [-0.2, 0) is 9.47 Å². The molecule has 0 saturated carbocycles. The molecule has 88 valence electrons. The molecule has 1 aromatic carbocycles. The number of hydrogen-bond acceptors (Lipinski definition) is 2. The Morgan fingerprint density at radius 3 is 2.50 bits per heavy atom. The maximum absolute atomic E-state index is 13.5. The van der Waals surface area contributed by atoms with Gasteiger partial charge in [-0.3, -0.25) is 0 Å². The van der Waals surface area contributed by atoms with E-state index < -0.39 is 16.5 Å². The molecule has 16 heavy (non-hydrogen) atoms. The molecule has 1 aliphatic heterocycles. The van der Waals surface area contributed by atoms with Gasteiger partial charge in [0.25, 0.3) is 0 Å². The van der Waals surface area contributed by atoms with Gasteiger partial charge in [-0.2, -0.15) is 0 Å². The van der Waals surface area contributed by atoms with Crippen molar-refractivity contribution < 1.29 is 18.3 Å². The second-order valence-corrected chi connectivity index (χ2v) is 4.51. The first-order chi connectivity index (χ1) is 7.70. The van der Waals surface area contributed by atoms with Gasteiger partial charge in [0, 0.05) is 5.56 Å². The first kappa shape index (κ1) is 12.0. The Morgan fingerprint density at radius 1 is 1.25 bits per heavy atom. The van der Waals surface area contributed by atoms with Crippen molar-refractivity contribution >= 4 is 15.9 Å². The molecule has 0 spiro atoms. The predicted octanol–water partition coefficient (Wildman–Crippen LogP) is 2.82. The van der Waals surface area contributed by atoms with Gasteiger partial charge in [0.05, 0.1) is 30.8 Å². The van der Waals surface area contributed by atoms with Crippen molar-refractivity contribution in [3.05, 3.63) is 35.4 Å². The van der Waals surface area contributed by atoms with Gasteiger partial charge >= 0.3 is 0 Å². The fourth-order valence-corrected chi connectivity index (χ4v) is 2.38. The third-order valence-corrected chi connectivity index (χ3v) is 3.49. The Morgan fingerprint density at radius 2 is 1.94 bits per heavy atom. The highest BCUT2D eigenvalue weighted by atomic mass is 79.9. The zero-order chi connectivity index (χ0) is 11.5. The van der Waals surface area contributed by atoms with Crippen LogP contribution in [0.5, 0.6) is 0 Å². The molecule has 0 amide bonds. The summed E-state index contributed by atoms with van der Waals surface area (Å²) in [5, 5.41) is 0. The van der Waals surface area contributed by atoms with E-state index in [2.05, 4.69) is 15.9 Å². The smallest absolute Gasteiger partial charge is 0.130 e. The molecular formula is C11H11BrF2O2. The summed E-state index contributed by atoms with van der Waals surface area (Å²) >= 11 is 3.26. The fourth-order valence-electron chi connectivity index (χ4n) is 1.64. The largest absolute Gasteiger partial charge is 0.376 e. The van der Waals surface area contributed by atoms with Gasteiger partial charge < -0.3 is 9.47 Å². The van der Waals surface area contributed by atoms with Crippen molar-refractivity contribution in [1.82, 2.24) is 0 Å². The van der Waals surface area contributed by atoms with Crippen LogP contribution in [0.15, 0.2) is 18.2 Å². The highest BCUT2D eigenvalue weighted by molar-refractivity contribution is 9.09. The normalized spacial score (nSPS) is 23.1. The van der Waals surface area contributed by atoms with E-state index in [4.69, 9.17) is 9.47 Å². The second-order valence-electron chi connectivity index (χ2n) is 3.52. The number of hydrogen-bond donors (Lipinski definition) is 0. The lowest BCUT2D eigenvalue weighted by molar-refractivity contribution is -0.0881. The Kier molecular flexibility index (Phi) is 3.89. The summed E-state index contributed by atoms with van der Waals surface area (Å²) in [5.74, 6) is -1.15. The van der Waals surface area contributed by atoms with Gasteiger partial charge in [-0.15, -0.1) is 0 Å². The second kappa shape index (κ2) is 5.21. The minimum absolute atomic E-state index is 0.00185. The summed E-state index contributed by atoms with van der Waals surface area (Å²) in [5.41, 5.74) is -0.00185. The Hall–Kier alpha value is -0.520. The SMILES string of the molecule is Fc1cccc(F)c1C(Br)C1COCCO1. The first-order valence-electron chi connectivity index (χ1n) is 4.97. The molecule has 0 N–H and O–H groups in total. The molecule has 2 atom stereocenters. The van der Waals surface area contributed by atoms with Crippen LogP contribution < -0.4 is 0 Å². The van der Waals surface area contributed by atoms with Crippen molar-refractivity contribution in [2.45, 2.75) is 10.9 Å². The van der Waals surface area contributed by atoms with Crippen LogP contribution in [-0.4, -0.2) is 25.9 Å². The summed E-state index contributed by atoms with van der Waals surface area (Å²) in [4.78, 5) is -0.533. The highest BCUT2D eigenvalue weighted by Gasteiger charge is 2.28. The Labute approximate surface area is 101 Å². The number of alkyl halides is 1. The minimum Gasteiger partial charge on any atom is -0.376 e. The third kappa shape index (κ3) is 2.42. The van der Waals surface area contributed by atoms with Crippen LogP contribution in [0.4, 0.5) is 8.78 Å². The van der Waals surface area contributed by atoms with E-state index in [1.54, 1.807) is 0 Å². The monoisotopic (exact) mass is 292 g/mol. The zero-order valence-corrected chi connectivity index (χ0v) is 10.0.